The van der Waals surface area contributed by atoms with Gasteiger partial charge in [0.15, 0.2) is 5.78 Å². The molecule has 0 spiro atoms. The van der Waals surface area contributed by atoms with Crippen LogP contribution in [0, 0.1) is 5.92 Å². The van der Waals surface area contributed by atoms with Crippen LogP contribution in [-0.4, -0.2) is 35.0 Å². The molecule has 0 saturated heterocycles. The maximum atomic E-state index is 12.8. The molecule has 2 heterocycles. The maximum Gasteiger partial charge on any atom is 0.338 e. The maximum absolute atomic E-state index is 12.8. The summed E-state index contributed by atoms with van der Waals surface area (Å²) in [5.41, 5.74) is 0.936. The quantitative estimate of drug-likeness (QED) is 0.456. The Morgan fingerprint density at radius 1 is 1.18 bits per heavy atom. The van der Waals surface area contributed by atoms with E-state index in [1.807, 2.05) is 13.0 Å². The van der Waals surface area contributed by atoms with E-state index in [1.54, 1.807) is 30.4 Å². The van der Waals surface area contributed by atoms with Gasteiger partial charge in [-0.2, -0.15) is 0 Å². The Bertz CT molecular complexity index is 852. The number of allylic oxidation sites excluding steroid dienone is 7. The fourth-order valence-electron chi connectivity index (χ4n) is 3.47. The zero-order valence-corrected chi connectivity index (χ0v) is 15.5. The first-order chi connectivity index (χ1) is 13.5. The van der Waals surface area contributed by atoms with Crippen LogP contribution in [0.4, 0.5) is 0 Å². The number of cyclic esters (lactones) is 1. The molecule has 28 heavy (non-hydrogen) atoms. The topological polar surface area (TPSA) is 89.9 Å². The molecule has 0 aromatic rings. The molecule has 3 aliphatic rings. The highest BCUT2D eigenvalue weighted by atomic mass is 16.5. The molecule has 3 atom stereocenters. The summed E-state index contributed by atoms with van der Waals surface area (Å²) in [5, 5.41) is 8.57. The minimum absolute atomic E-state index is 0.104. The normalized spacial score (nSPS) is 29.8. The van der Waals surface area contributed by atoms with Crippen LogP contribution >= 0.6 is 0 Å². The smallest absolute Gasteiger partial charge is 0.338 e. The molecule has 0 bridgehead atoms. The molecule has 6 heteroatoms. The van der Waals surface area contributed by atoms with Crippen LogP contribution in [0.25, 0.3) is 0 Å². The highest BCUT2D eigenvalue weighted by Crippen LogP contribution is 2.41. The van der Waals surface area contributed by atoms with Crippen molar-refractivity contribution in [3.63, 3.8) is 0 Å². The third kappa shape index (κ3) is 4.39. The summed E-state index contributed by atoms with van der Waals surface area (Å²) in [6, 6.07) is 0. The Balaban J connectivity index is 1.94. The Hall–Kier alpha value is -3.15. The fourth-order valence-corrected chi connectivity index (χ4v) is 3.47. The first kappa shape index (κ1) is 19.6. The van der Waals surface area contributed by atoms with Gasteiger partial charge in [0.25, 0.3) is 0 Å². The number of rotatable bonds is 4. The average Bonchev–Trinajstić information content (AvgIpc) is 3.01. The van der Waals surface area contributed by atoms with Crippen molar-refractivity contribution < 1.29 is 29.0 Å². The molecular formula is C22H22O6. The van der Waals surface area contributed by atoms with Crippen molar-refractivity contribution in [3.8, 4) is 0 Å². The minimum Gasteiger partial charge on any atom is -0.485 e. The second-order valence-corrected chi connectivity index (χ2v) is 6.81. The number of hydrogen-bond donors (Lipinski definition) is 1. The number of ether oxygens (including phenoxy) is 2. The first-order valence-corrected chi connectivity index (χ1v) is 9.26. The lowest BCUT2D eigenvalue weighted by Crippen LogP contribution is -2.31. The molecule has 0 radical (unpaired) electrons. The summed E-state index contributed by atoms with van der Waals surface area (Å²) in [7, 11) is 0. The summed E-state index contributed by atoms with van der Waals surface area (Å²) in [5.74, 6) is -1.70. The van der Waals surface area contributed by atoms with Crippen molar-refractivity contribution in [1.82, 2.24) is 0 Å². The number of carbonyl (C=O) groups excluding carboxylic acids is 2. The van der Waals surface area contributed by atoms with E-state index in [2.05, 4.69) is 0 Å². The second-order valence-electron chi connectivity index (χ2n) is 6.81. The molecule has 6 nitrogen and oxygen atoms in total. The standard InChI is InChI=1S/C22H22O6/c1-14-8-6-7-9-15-16(23)12-13-18-20(15)21(22(26)27-14)17(28-18)10-4-2-3-5-11-19(24)25/h2-5,9-14,18,20H,6-8H2,1H3,(H,24,25)/b3-2+,10-4+,11-5+,15-9+. The van der Waals surface area contributed by atoms with E-state index in [4.69, 9.17) is 14.6 Å². The molecule has 1 aliphatic carbocycles. The molecule has 3 unspecified atom stereocenters. The lowest BCUT2D eigenvalue weighted by Gasteiger charge is -2.25. The number of carboxylic acids is 1. The molecular weight excluding hydrogens is 360 g/mol. The van der Waals surface area contributed by atoms with Crippen LogP contribution in [0.2, 0.25) is 0 Å². The number of carbonyl (C=O) groups is 3. The third-order valence-electron chi connectivity index (χ3n) is 4.75. The second kappa shape index (κ2) is 8.69. The van der Waals surface area contributed by atoms with Gasteiger partial charge in [0.1, 0.15) is 11.9 Å². The largest absolute Gasteiger partial charge is 0.485 e. The van der Waals surface area contributed by atoms with Gasteiger partial charge in [0.05, 0.1) is 17.6 Å². The van der Waals surface area contributed by atoms with E-state index in [1.165, 1.54) is 12.2 Å². The number of ketones is 1. The predicted molar refractivity (Wildman–Crippen MR) is 102 cm³/mol. The number of esters is 1. The Morgan fingerprint density at radius 3 is 2.75 bits per heavy atom. The van der Waals surface area contributed by atoms with Crippen LogP contribution in [-0.2, 0) is 23.9 Å². The minimum atomic E-state index is -1.03. The van der Waals surface area contributed by atoms with Crippen LogP contribution in [0.1, 0.15) is 26.2 Å². The molecule has 0 aromatic carbocycles. The van der Waals surface area contributed by atoms with Crippen molar-refractivity contribution in [2.45, 2.75) is 38.4 Å². The zero-order valence-electron chi connectivity index (χ0n) is 15.5. The number of carboxylic acid groups (broad SMARTS) is 1. The lowest BCUT2D eigenvalue weighted by atomic mass is 9.80. The van der Waals surface area contributed by atoms with Crippen molar-refractivity contribution >= 4 is 17.7 Å². The SMILES string of the molecule is CC1CCC/C=C2\C(=O)C=CC3OC(/C=C/C=C/C=C/C(=O)O)=C(C(=O)O1)C23. The number of hydrogen-bond acceptors (Lipinski definition) is 5. The molecule has 0 amide bonds. The van der Waals surface area contributed by atoms with Gasteiger partial charge in [-0.3, -0.25) is 4.79 Å². The Morgan fingerprint density at radius 2 is 1.96 bits per heavy atom. The van der Waals surface area contributed by atoms with E-state index in [0.29, 0.717) is 16.9 Å². The first-order valence-electron chi connectivity index (χ1n) is 9.26. The zero-order chi connectivity index (χ0) is 20.1. The molecule has 146 valence electrons. The van der Waals surface area contributed by atoms with Gasteiger partial charge < -0.3 is 14.6 Å². The molecule has 0 saturated carbocycles. The Kier molecular flexibility index (Phi) is 6.09. The molecule has 0 fully saturated rings. The van der Waals surface area contributed by atoms with Gasteiger partial charge in [-0.1, -0.05) is 30.4 Å². The van der Waals surface area contributed by atoms with E-state index < -0.39 is 24.0 Å². The van der Waals surface area contributed by atoms with Gasteiger partial charge in [-0.05, 0) is 44.4 Å². The molecule has 1 N–H and O–H groups in total. The van der Waals surface area contributed by atoms with Crippen molar-refractivity contribution in [2.24, 2.45) is 5.92 Å². The van der Waals surface area contributed by atoms with Crippen LogP contribution in [0.3, 0.4) is 0 Å². The van der Waals surface area contributed by atoms with Crippen molar-refractivity contribution in [3.05, 3.63) is 71.6 Å². The summed E-state index contributed by atoms with van der Waals surface area (Å²) in [6.07, 6.45) is 15.6. The number of aliphatic carboxylic acids is 1. The van der Waals surface area contributed by atoms with Gasteiger partial charge in [-0.15, -0.1) is 0 Å². The van der Waals surface area contributed by atoms with Crippen LogP contribution in [0.15, 0.2) is 71.6 Å². The highest BCUT2D eigenvalue weighted by Gasteiger charge is 2.45. The van der Waals surface area contributed by atoms with Crippen molar-refractivity contribution in [2.75, 3.05) is 0 Å². The van der Waals surface area contributed by atoms with Gasteiger partial charge >= 0.3 is 11.9 Å². The van der Waals surface area contributed by atoms with Crippen molar-refractivity contribution in [1.29, 1.82) is 0 Å². The summed E-state index contributed by atoms with van der Waals surface area (Å²) in [4.78, 5) is 35.7. The summed E-state index contributed by atoms with van der Waals surface area (Å²) < 4.78 is 11.5. The predicted octanol–water partition coefficient (Wildman–Crippen LogP) is 3.19. The van der Waals surface area contributed by atoms with E-state index in [-0.39, 0.29) is 11.9 Å². The van der Waals surface area contributed by atoms with Gasteiger partial charge in [0.2, 0.25) is 0 Å². The van der Waals surface area contributed by atoms with Gasteiger partial charge in [0, 0.05) is 11.6 Å². The van der Waals surface area contributed by atoms with E-state index >= 15 is 0 Å². The highest BCUT2D eigenvalue weighted by molar-refractivity contribution is 6.08. The molecule has 3 rings (SSSR count). The van der Waals surface area contributed by atoms with Crippen LogP contribution in [0.5, 0.6) is 0 Å². The monoisotopic (exact) mass is 382 g/mol. The lowest BCUT2D eigenvalue weighted by molar-refractivity contribution is -0.144. The average molecular weight is 382 g/mol. The summed E-state index contributed by atoms with van der Waals surface area (Å²) >= 11 is 0. The third-order valence-corrected chi connectivity index (χ3v) is 4.75. The Labute approximate surface area is 163 Å². The molecule has 0 aromatic heterocycles. The van der Waals surface area contributed by atoms with E-state index in [0.717, 1.165) is 25.3 Å². The van der Waals surface area contributed by atoms with Crippen LogP contribution < -0.4 is 0 Å². The van der Waals surface area contributed by atoms with E-state index in [9.17, 15) is 14.4 Å². The molecule has 2 aliphatic heterocycles. The summed E-state index contributed by atoms with van der Waals surface area (Å²) in [6.45, 7) is 1.86. The fraction of sp³-hybridized carbons (Fsp3) is 0.318. The van der Waals surface area contributed by atoms with Gasteiger partial charge in [-0.25, -0.2) is 9.59 Å².